The van der Waals surface area contributed by atoms with Crippen LogP contribution in [0.4, 0.5) is 0 Å². The van der Waals surface area contributed by atoms with E-state index in [-0.39, 0.29) is 5.50 Å². The normalized spacial score (nSPS) is 25.6. The first-order valence-corrected chi connectivity index (χ1v) is 6.04. The van der Waals surface area contributed by atoms with Gasteiger partial charge in [-0.3, -0.25) is 0 Å². The molecule has 0 amide bonds. The van der Waals surface area contributed by atoms with E-state index >= 15 is 0 Å². The summed E-state index contributed by atoms with van der Waals surface area (Å²) in [4.78, 5) is 1.32. The van der Waals surface area contributed by atoms with E-state index in [2.05, 4.69) is 23.6 Å². The lowest BCUT2D eigenvalue weighted by Crippen LogP contribution is -2.29. The molecule has 0 radical (unpaired) electrons. The zero-order valence-electron chi connectivity index (χ0n) is 8.47. The monoisotopic (exact) mass is 211 g/mol. The summed E-state index contributed by atoms with van der Waals surface area (Å²) in [5.41, 5.74) is 8.54. The highest BCUT2D eigenvalue weighted by Gasteiger charge is 2.22. The van der Waals surface area contributed by atoms with Crippen LogP contribution < -0.4 is 16.4 Å². The largest absolute Gasteiger partial charge is 0.388 e. The number of nitrogens with two attached hydrogens (primary N) is 1. The second-order valence-corrected chi connectivity index (χ2v) is 4.81. The molecular weight excluding hydrogens is 194 g/mol. The van der Waals surface area contributed by atoms with Gasteiger partial charge in [0.05, 0.1) is 0 Å². The number of hydrogen-bond acceptors (Lipinski definition) is 4. The fourth-order valence-electron chi connectivity index (χ4n) is 1.71. The van der Waals surface area contributed by atoms with E-state index in [1.165, 1.54) is 22.7 Å². The highest BCUT2D eigenvalue weighted by Crippen LogP contribution is 2.35. The Bertz CT molecular complexity index is 283. The molecule has 2 aliphatic rings. The van der Waals surface area contributed by atoms with Crippen LogP contribution in [0.5, 0.6) is 0 Å². The summed E-state index contributed by atoms with van der Waals surface area (Å²) in [6.07, 6.45) is 5.62. The summed E-state index contributed by atoms with van der Waals surface area (Å²) in [7, 11) is 0. The van der Waals surface area contributed by atoms with E-state index in [9.17, 15) is 0 Å². The Kier molecular flexibility index (Phi) is 3.03. The molecule has 4 N–H and O–H groups in total. The van der Waals surface area contributed by atoms with Crippen molar-refractivity contribution in [3.63, 3.8) is 0 Å². The van der Waals surface area contributed by atoms with Gasteiger partial charge in [-0.05, 0) is 25.3 Å². The van der Waals surface area contributed by atoms with Crippen molar-refractivity contribution in [3.8, 4) is 0 Å². The number of hydrogen-bond donors (Lipinski definition) is 3. The van der Waals surface area contributed by atoms with Gasteiger partial charge in [-0.1, -0.05) is 18.7 Å². The van der Waals surface area contributed by atoms with Gasteiger partial charge in [0.15, 0.2) is 0 Å². The van der Waals surface area contributed by atoms with Crippen LogP contribution in [0.1, 0.15) is 26.2 Å². The maximum atomic E-state index is 5.80. The van der Waals surface area contributed by atoms with Crippen molar-refractivity contribution in [3.05, 3.63) is 22.4 Å². The van der Waals surface area contributed by atoms with Crippen molar-refractivity contribution in [1.29, 1.82) is 0 Å². The minimum absolute atomic E-state index is 0.0572. The predicted molar refractivity (Wildman–Crippen MR) is 61.3 cm³/mol. The van der Waals surface area contributed by atoms with Crippen molar-refractivity contribution < 1.29 is 0 Å². The molecule has 1 aliphatic carbocycles. The van der Waals surface area contributed by atoms with E-state index in [1.807, 2.05) is 0 Å². The van der Waals surface area contributed by atoms with Gasteiger partial charge in [0, 0.05) is 22.8 Å². The van der Waals surface area contributed by atoms with Crippen LogP contribution in [0.15, 0.2) is 22.4 Å². The second kappa shape index (κ2) is 4.28. The van der Waals surface area contributed by atoms with Crippen molar-refractivity contribution in [2.45, 2.75) is 31.7 Å². The maximum Gasteiger partial charge on any atom is 0.127 e. The molecule has 2 rings (SSSR count). The van der Waals surface area contributed by atoms with E-state index in [0.29, 0.717) is 0 Å². The van der Waals surface area contributed by atoms with Crippen molar-refractivity contribution >= 4 is 11.8 Å². The van der Waals surface area contributed by atoms with Gasteiger partial charge in [-0.15, -0.1) is 0 Å². The third kappa shape index (κ3) is 2.07. The summed E-state index contributed by atoms with van der Waals surface area (Å²) >= 11 is 1.72. The van der Waals surface area contributed by atoms with E-state index in [0.717, 1.165) is 19.4 Å². The van der Waals surface area contributed by atoms with Gasteiger partial charge in [0.2, 0.25) is 0 Å². The van der Waals surface area contributed by atoms with Crippen LogP contribution in [0, 0.1) is 0 Å². The van der Waals surface area contributed by atoms with Crippen LogP contribution in [0.2, 0.25) is 0 Å². The summed E-state index contributed by atoms with van der Waals surface area (Å²) in [6.45, 7) is 3.25. The Hall–Kier alpha value is -0.610. The van der Waals surface area contributed by atoms with Gasteiger partial charge >= 0.3 is 0 Å². The minimum Gasteiger partial charge on any atom is -0.388 e. The topological polar surface area (TPSA) is 50.1 Å². The molecule has 0 aromatic rings. The van der Waals surface area contributed by atoms with Crippen LogP contribution in [0.3, 0.4) is 0 Å². The highest BCUT2D eigenvalue weighted by atomic mass is 32.2. The van der Waals surface area contributed by atoms with Gasteiger partial charge in [0.25, 0.3) is 0 Å². The lowest BCUT2D eigenvalue weighted by Gasteiger charge is -2.16. The van der Waals surface area contributed by atoms with Crippen LogP contribution in [-0.4, -0.2) is 12.0 Å². The zero-order valence-corrected chi connectivity index (χ0v) is 9.29. The molecule has 0 aromatic heterocycles. The number of nitrogens with one attached hydrogen (secondary N) is 2. The first-order chi connectivity index (χ1) is 6.79. The number of thioether (sulfide) groups is 1. The molecule has 14 heavy (non-hydrogen) atoms. The lowest BCUT2D eigenvalue weighted by atomic mass is 10.1. The average molecular weight is 211 g/mol. The van der Waals surface area contributed by atoms with Crippen LogP contribution in [0.25, 0.3) is 0 Å². The molecule has 0 aromatic carbocycles. The van der Waals surface area contributed by atoms with E-state index < -0.39 is 0 Å². The quantitative estimate of drug-likeness (QED) is 0.661. The molecule has 0 saturated carbocycles. The maximum absolute atomic E-state index is 5.80. The molecule has 0 fully saturated rings. The Morgan fingerprint density at radius 1 is 1.64 bits per heavy atom. The summed E-state index contributed by atoms with van der Waals surface area (Å²) in [5, 5.41) is 6.72. The molecule has 3 nitrogen and oxygen atoms in total. The van der Waals surface area contributed by atoms with Gasteiger partial charge < -0.3 is 16.4 Å². The van der Waals surface area contributed by atoms with Gasteiger partial charge in [-0.25, -0.2) is 0 Å². The van der Waals surface area contributed by atoms with Crippen molar-refractivity contribution in [1.82, 2.24) is 10.6 Å². The Balaban J connectivity index is 1.99. The Morgan fingerprint density at radius 3 is 3.29 bits per heavy atom. The molecule has 4 heteroatoms. The van der Waals surface area contributed by atoms with Crippen molar-refractivity contribution in [2.75, 3.05) is 6.54 Å². The minimum atomic E-state index is 0.0572. The van der Waals surface area contributed by atoms with E-state index in [4.69, 9.17) is 5.73 Å². The van der Waals surface area contributed by atoms with Crippen molar-refractivity contribution in [2.24, 2.45) is 5.73 Å². The zero-order chi connectivity index (χ0) is 9.97. The van der Waals surface area contributed by atoms with Crippen LogP contribution in [-0.2, 0) is 0 Å². The first-order valence-electron chi connectivity index (χ1n) is 5.16. The van der Waals surface area contributed by atoms with Gasteiger partial charge in [-0.2, -0.15) is 0 Å². The summed E-state index contributed by atoms with van der Waals surface area (Å²) in [5.74, 6) is 0. The lowest BCUT2D eigenvalue weighted by molar-refractivity contribution is 0.679. The molecule has 1 heterocycles. The highest BCUT2D eigenvalue weighted by molar-refractivity contribution is 8.04. The fraction of sp³-hybridized carbons (Fsp3) is 0.600. The number of allylic oxidation sites excluding steroid dienone is 3. The van der Waals surface area contributed by atoms with E-state index in [1.54, 1.807) is 11.8 Å². The molecule has 1 atom stereocenters. The molecule has 0 spiro atoms. The van der Waals surface area contributed by atoms with Crippen LogP contribution >= 0.6 is 11.8 Å². The van der Waals surface area contributed by atoms with Gasteiger partial charge in [0.1, 0.15) is 5.50 Å². The Morgan fingerprint density at radius 2 is 2.50 bits per heavy atom. The molecule has 1 unspecified atom stereocenters. The Labute approximate surface area is 89.2 Å². The molecule has 0 bridgehead atoms. The molecule has 78 valence electrons. The second-order valence-electron chi connectivity index (χ2n) is 3.62. The summed E-state index contributed by atoms with van der Waals surface area (Å²) < 4.78 is 0. The third-order valence-electron chi connectivity index (χ3n) is 2.42. The molecular formula is C10H17N3S. The molecule has 1 aliphatic heterocycles. The summed E-state index contributed by atoms with van der Waals surface area (Å²) in [6, 6.07) is 0. The predicted octanol–water partition coefficient (Wildman–Crippen LogP) is 1.45. The SMILES string of the molecule is CCCNC1=CC2=C(CC1)NC(N)S2. The smallest absolute Gasteiger partial charge is 0.127 e. The number of rotatable bonds is 3. The average Bonchev–Trinajstić information content (AvgIpc) is 2.54. The standard InChI is InChI=1S/C10H17N3S/c1-2-5-12-7-3-4-8-9(6-7)14-10(11)13-8/h6,10,12-13H,2-5,11H2,1H3. The third-order valence-corrected chi connectivity index (χ3v) is 3.41. The molecule has 0 saturated heterocycles. The fourth-order valence-corrected chi connectivity index (χ4v) is 2.70. The first kappa shape index (κ1) is 9.93.